The Bertz CT molecular complexity index is 288. The third-order valence-electron chi connectivity index (χ3n) is 2.86. The molecule has 2 saturated heterocycles. The lowest BCUT2D eigenvalue weighted by Crippen LogP contribution is -2.36. The highest BCUT2D eigenvalue weighted by Gasteiger charge is 2.38. The lowest BCUT2D eigenvalue weighted by molar-refractivity contribution is 0.0269. The minimum Gasteiger partial charge on any atom is -0.375 e. The molecule has 4 heteroatoms. The molecular formula is C9H12N2OS. The molecule has 3 nitrogen and oxygen atoms in total. The second-order valence-electron chi connectivity index (χ2n) is 3.75. The van der Waals surface area contributed by atoms with Crippen LogP contribution in [0.5, 0.6) is 0 Å². The van der Waals surface area contributed by atoms with E-state index in [1.165, 1.54) is 12.1 Å². The first-order chi connectivity index (χ1) is 6.42. The van der Waals surface area contributed by atoms with Gasteiger partial charge in [-0.2, -0.15) is 0 Å². The topological polar surface area (TPSA) is 25.4 Å². The molecule has 2 bridgehead atoms. The molecule has 13 heavy (non-hydrogen) atoms. The fourth-order valence-corrected chi connectivity index (χ4v) is 2.75. The molecule has 0 radical (unpaired) electrons. The summed E-state index contributed by atoms with van der Waals surface area (Å²) < 4.78 is 5.54. The first-order valence-electron chi connectivity index (χ1n) is 4.64. The van der Waals surface area contributed by atoms with Crippen LogP contribution >= 0.6 is 11.3 Å². The normalized spacial score (nSPS) is 32.9. The van der Waals surface area contributed by atoms with E-state index in [9.17, 15) is 0 Å². The zero-order chi connectivity index (χ0) is 8.67. The average molecular weight is 196 g/mol. The van der Waals surface area contributed by atoms with Gasteiger partial charge in [-0.25, -0.2) is 4.98 Å². The van der Waals surface area contributed by atoms with E-state index in [-0.39, 0.29) is 0 Å². The van der Waals surface area contributed by atoms with Crippen LogP contribution in [0.25, 0.3) is 0 Å². The smallest absolute Gasteiger partial charge is 0.0795 e. The Morgan fingerprint density at radius 3 is 3.31 bits per heavy atom. The van der Waals surface area contributed by atoms with Crippen molar-refractivity contribution in [1.82, 2.24) is 9.88 Å². The van der Waals surface area contributed by atoms with Crippen molar-refractivity contribution in [2.75, 3.05) is 13.2 Å². The molecule has 2 aliphatic heterocycles. The predicted molar refractivity (Wildman–Crippen MR) is 50.7 cm³/mol. The van der Waals surface area contributed by atoms with Crippen molar-refractivity contribution in [3.05, 3.63) is 16.6 Å². The zero-order valence-corrected chi connectivity index (χ0v) is 8.17. The fraction of sp³-hybridized carbons (Fsp3) is 0.667. The van der Waals surface area contributed by atoms with Gasteiger partial charge in [-0.3, -0.25) is 4.90 Å². The number of morpholine rings is 1. The van der Waals surface area contributed by atoms with Crippen molar-refractivity contribution >= 4 is 11.3 Å². The van der Waals surface area contributed by atoms with E-state index >= 15 is 0 Å². The van der Waals surface area contributed by atoms with Crippen molar-refractivity contribution < 1.29 is 4.74 Å². The molecule has 0 saturated carbocycles. The summed E-state index contributed by atoms with van der Waals surface area (Å²) in [5.41, 5.74) is 3.11. The van der Waals surface area contributed by atoms with Gasteiger partial charge in [-0.1, -0.05) is 0 Å². The van der Waals surface area contributed by atoms with Gasteiger partial charge in [0.2, 0.25) is 0 Å². The summed E-state index contributed by atoms with van der Waals surface area (Å²) in [6, 6.07) is 0.659. The van der Waals surface area contributed by atoms with Gasteiger partial charge in [0.1, 0.15) is 0 Å². The highest BCUT2D eigenvalue weighted by atomic mass is 32.1. The molecule has 2 atom stereocenters. The Morgan fingerprint density at radius 1 is 1.69 bits per heavy atom. The van der Waals surface area contributed by atoms with Crippen LogP contribution in [0.3, 0.4) is 0 Å². The summed E-state index contributed by atoms with van der Waals surface area (Å²) in [6.45, 7) is 3.03. The van der Waals surface area contributed by atoms with Gasteiger partial charge in [0.25, 0.3) is 0 Å². The molecule has 2 unspecified atom stereocenters. The lowest BCUT2D eigenvalue weighted by Gasteiger charge is -2.25. The maximum Gasteiger partial charge on any atom is 0.0795 e. The van der Waals surface area contributed by atoms with Gasteiger partial charge in [-0.15, -0.1) is 11.3 Å². The Balaban J connectivity index is 1.68. The molecule has 2 aliphatic rings. The number of hydrogen-bond donors (Lipinski definition) is 0. The average Bonchev–Trinajstić information content (AvgIpc) is 2.77. The van der Waals surface area contributed by atoms with E-state index in [1.54, 1.807) is 11.3 Å². The van der Waals surface area contributed by atoms with E-state index in [0.717, 1.165) is 19.7 Å². The standard InChI is InChI=1S/C9H12N2OS/c1-8-4-12-9(1)3-11(8)2-7-5-13-6-10-7/h5-6,8-9H,1-4H2. The first kappa shape index (κ1) is 7.91. The fourth-order valence-electron chi connectivity index (χ4n) is 2.20. The van der Waals surface area contributed by atoms with Crippen LogP contribution in [0.1, 0.15) is 12.1 Å². The zero-order valence-electron chi connectivity index (χ0n) is 7.35. The molecule has 2 fully saturated rings. The summed E-state index contributed by atoms with van der Waals surface area (Å²) in [7, 11) is 0. The second kappa shape index (κ2) is 3.04. The number of ether oxygens (including phenoxy) is 1. The molecule has 1 aromatic heterocycles. The van der Waals surface area contributed by atoms with Gasteiger partial charge in [0.05, 0.1) is 23.9 Å². The molecule has 0 spiro atoms. The molecule has 1 aromatic rings. The lowest BCUT2D eigenvalue weighted by atomic mass is 10.2. The number of aromatic nitrogens is 1. The highest BCUT2D eigenvalue weighted by Crippen LogP contribution is 2.28. The third-order valence-corrected chi connectivity index (χ3v) is 3.50. The van der Waals surface area contributed by atoms with Crippen LogP contribution in [-0.2, 0) is 11.3 Å². The van der Waals surface area contributed by atoms with Gasteiger partial charge in [-0.05, 0) is 6.42 Å². The number of likely N-dealkylation sites (tertiary alicyclic amines) is 1. The minimum atomic E-state index is 0.503. The predicted octanol–water partition coefficient (Wildman–Crippen LogP) is 1.12. The molecular weight excluding hydrogens is 184 g/mol. The summed E-state index contributed by atoms with van der Waals surface area (Å²) in [5, 5.41) is 2.13. The molecule has 70 valence electrons. The number of thiazole rings is 1. The van der Waals surface area contributed by atoms with E-state index in [0.29, 0.717) is 12.1 Å². The third kappa shape index (κ3) is 1.39. The van der Waals surface area contributed by atoms with Gasteiger partial charge < -0.3 is 4.74 Å². The largest absolute Gasteiger partial charge is 0.375 e. The van der Waals surface area contributed by atoms with Gasteiger partial charge in [0.15, 0.2) is 0 Å². The number of hydrogen-bond acceptors (Lipinski definition) is 4. The molecule has 0 aliphatic carbocycles. The van der Waals surface area contributed by atoms with Crippen molar-refractivity contribution in [2.45, 2.75) is 25.1 Å². The van der Waals surface area contributed by atoms with Crippen molar-refractivity contribution in [3.63, 3.8) is 0 Å². The molecule has 3 rings (SSSR count). The van der Waals surface area contributed by atoms with Crippen LogP contribution in [0, 0.1) is 0 Å². The number of rotatable bonds is 2. The van der Waals surface area contributed by atoms with E-state index in [2.05, 4.69) is 15.3 Å². The summed E-state index contributed by atoms with van der Waals surface area (Å²) >= 11 is 1.67. The molecule has 3 heterocycles. The second-order valence-corrected chi connectivity index (χ2v) is 4.47. The Hall–Kier alpha value is -0.450. The minimum absolute atomic E-state index is 0.503. The van der Waals surface area contributed by atoms with Crippen LogP contribution < -0.4 is 0 Å². The summed E-state index contributed by atoms with van der Waals surface area (Å²) in [5.74, 6) is 0. The Labute approximate surface area is 81.3 Å². The SMILES string of the molecule is c1nc(CN2CC3CC2CO3)cs1. The van der Waals surface area contributed by atoms with Crippen LogP contribution in [0.2, 0.25) is 0 Å². The molecule has 0 aromatic carbocycles. The maximum atomic E-state index is 5.54. The van der Waals surface area contributed by atoms with Crippen LogP contribution in [0.15, 0.2) is 10.9 Å². The Morgan fingerprint density at radius 2 is 2.69 bits per heavy atom. The summed E-state index contributed by atoms with van der Waals surface area (Å²) in [6.07, 6.45) is 1.73. The Kier molecular flexibility index (Phi) is 1.85. The molecule has 0 amide bonds. The van der Waals surface area contributed by atoms with Gasteiger partial charge >= 0.3 is 0 Å². The monoisotopic (exact) mass is 196 g/mol. The quantitative estimate of drug-likeness (QED) is 0.708. The number of nitrogens with zero attached hydrogens (tertiary/aromatic N) is 2. The van der Waals surface area contributed by atoms with Crippen molar-refractivity contribution in [1.29, 1.82) is 0 Å². The van der Waals surface area contributed by atoms with E-state index in [1.807, 2.05) is 5.51 Å². The number of fused-ring (bicyclic) bond motifs is 2. The van der Waals surface area contributed by atoms with Gasteiger partial charge in [0, 0.05) is 24.5 Å². The van der Waals surface area contributed by atoms with E-state index < -0.39 is 0 Å². The maximum absolute atomic E-state index is 5.54. The molecule has 0 N–H and O–H groups in total. The van der Waals surface area contributed by atoms with E-state index in [4.69, 9.17) is 4.74 Å². The summed E-state index contributed by atoms with van der Waals surface area (Å²) in [4.78, 5) is 6.79. The highest BCUT2D eigenvalue weighted by molar-refractivity contribution is 7.07. The van der Waals surface area contributed by atoms with Crippen molar-refractivity contribution in [3.8, 4) is 0 Å². The first-order valence-corrected chi connectivity index (χ1v) is 5.59. The van der Waals surface area contributed by atoms with Crippen molar-refractivity contribution in [2.24, 2.45) is 0 Å². The van der Waals surface area contributed by atoms with Crippen LogP contribution in [0.4, 0.5) is 0 Å². The van der Waals surface area contributed by atoms with Crippen LogP contribution in [-0.4, -0.2) is 35.2 Å².